The fraction of sp³-hybridized carbons (Fsp3) is 0.255. The largest absolute Gasteiger partial charge is 0.495 e. The molecule has 8 aromatic carbocycles. The fourth-order valence-corrected chi connectivity index (χ4v) is 16.2. The summed E-state index contributed by atoms with van der Waals surface area (Å²) in [7, 11) is 7.92. The molecule has 39 heteroatoms. The topological polar surface area (TPSA) is 425 Å². The number of aromatic nitrogens is 9. The number of nitrogens with one attached hydrogen (secondary N) is 15. The second-order valence-corrected chi connectivity index (χ2v) is 34.9. The summed E-state index contributed by atoms with van der Waals surface area (Å²) in [6.45, 7) is 13.5. The number of anilines is 13. The van der Waals surface area contributed by atoms with E-state index in [1.165, 1.54) is 43.0 Å². The number of hydrogen-bond donors (Lipinski definition) is 15. The molecule has 0 bridgehead atoms. The maximum absolute atomic E-state index is 15.0. The van der Waals surface area contributed by atoms with E-state index in [-0.39, 0.29) is 91.3 Å². The Morgan fingerprint density at radius 1 is 0.348 bits per heavy atom. The molecule has 3 aliphatic heterocycles. The van der Waals surface area contributed by atoms with Gasteiger partial charge in [-0.1, -0.05) is 94.9 Å². The van der Waals surface area contributed by atoms with E-state index in [1.807, 2.05) is 77.9 Å². The number of amides is 7. The van der Waals surface area contributed by atoms with Crippen LogP contribution < -0.4 is 84.5 Å². The second-order valence-electron chi connectivity index (χ2n) is 33.2. The molecule has 0 spiro atoms. The minimum atomic E-state index is -0.489. The molecule has 8 heterocycles. The zero-order chi connectivity index (χ0) is 101. The van der Waals surface area contributed by atoms with Crippen molar-refractivity contribution >= 4 is 163 Å². The highest BCUT2D eigenvalue weighted by atomic mass is 35.5. The van der Waals surface area contributed by atoms with Gasteiger partial charge < -0.3 is 84.5 Å². The molecule has 3 fully saturated rings. The Labute approximate surface area is 832 Å². The first kappa shape index (κ1) is 103. The lowest BCUT2D eigenvalue weighted by molar-refractivity contribution is -0.122. The molecule has 0 radical (unpaired) electrons. The Kier molecular flexibility index (Phi) is 35.3. The third-order valence-electron chi connectivity index (χ3n) is 23.1. The quantitative estimate of drug-likeness (QED) is 0.0253. The summed E-state index contributed by atoms with van der Waals surface area (Å²) >= 11 is 25.1. The Morgan fingerprint density at radius 2 is 0.624 bits per heavy atom. The number of aryl methyl sites for hydroxylation is 6. The highest BCUT2D eigenvalue weighted by Gasteiger charge is 2.28. The summed E-state index contributed by atoms with van der Waals surface area (Å²) in [5, 5.41) is 44.5. The molecular formula is C102H105Cl4F3N24O8. The zero-order valence-corrected chi connectivity index (χ0v) is 82.0. The molecule has 730 valence electrons. The van der Waals surface area contributed by atoms with Gasteiger partial charge in [0.2, 0.25) is 41.5 Å². The number of benzene rings is 8. The van der Waals surface area contributed by atoms with Crippen LogP contribution in [0, 0.1) is 59.0 Å². The predicted molar refractivity (Wildman–Crippen MR) is 548 cm³/mol. The average Bonchev–Trinajstić information content (AvgIpc) is 1.42. The van der Waals surface area contributed by atoms with Crippen molar-refractivity contribution < 1.29 is 51.5 Å². The second kappa shape index (κ2) is 48.3. The number of carbonyl (C=O) groups is 7. The molecule has 5 aromatic heterocycles. The van der Waals surface area contributed by atoms with E-state index in [2.05, 4.69) is 125 Å². The molecule has 0 aliphatic carbocycles. The molecule has 32 nitrogen and oxygen atoms in total. The van der Waals surface area contributed by atoms with Gasteiger partial charge in [0.15, 0.2) is 23.3 Å². The van der Waals surface area contributed by atoms with Crippen molar-refractivity contribution in [1.82, 2.24) is 82.1 Å². The van der Waals surface area contributed by atoms with Gasteiger partial charge in [-0.05, 0) is 281 Å². The summed E-state index contributed by atoms with van der Waals surface area (Å²) in [5.41, 5.74) is 15.4. The van der Waals surface area contributed by atoms with Crippen LogP contribution in [0.3, 0.4) is 0 Å². The van der Waals surface area contributed by atoms with Crippen molar-refractivity contribution in [3.05, 3.63) is 276 Å². The van der Waals surface area contributed by atoms with Crippen LogP contribution in [0.25, 0.3) is 44.5 Å². The van der Waals surface area contributed by atoms with Gasteiger partial charge in [0.05, 0.1) is 54.6 Å². The number of hydrogen-bond acceptors (Lipinski definition) is 25. The Balaban J connectivity index is 0.000000158. The molecular weight excluding hydrogens is 1890 g/mol. The third-order valence-corrected chi connectivity index (χ3v) is 24.2. The van der Waals surface area contributed by atoms with Crippen molar-refractivity contribution in [3.63, 3.8) is 0 Å². The molecule has 3 atom stereocenters. The van der Waals surface area contributed by atoms with E-state index >= 15 is 13.2 Å². The zero-order valence-electron chi connectivity index (χ0n) is 79.0. The van der Waals surface area contributed by atoms with Crippen LogP contribution in [-0.2, 0) is 14.4 Å². The van der Waals surface area contributed by atoms with E-state index in [0.717, 1.165) is 99.9 Å². The number of nitrogens with zero attached hydrogens (tertiary/aromatic N) is 9. The first-order valence-corrected chi connectivity index (χ1v) is 46.8. The van der Waals surface area contributed by atoms with E-state index in [1.54, 1.807) is 138 Å². The third kappa shape index (κ3) is 27.2. The SMILES string of the molecule is CNC(=O)c1ccc(-c2cc(F)c(Nc3ncc(Cl)c(NC4CCCCNC4=O)n3)cc2C)cc1.CNC(=O)c1ccc(-c2cc(F)c(Nc3ncc(Cl)c(N[C@@H]4CCCCNC4=O)n3)cc2C)cc1.CNC(=O)c1ccc(-c2cc(F)c(Nc3ncc(Cl)c(N[C@H]4CCCCNC4=O)n3)cc2C)cc1.CNC(=O)c1ccc(-c2cc(OC)c(Nc3ncc(Cl)c(Nc4cc(C)cc(C)n4)n3)cc2C)cc1. The van der Waals surface area contributed by atoms with Gasteiger partial charge >= 0.3 is 0 Å². The highest BCUT2D eigenvalue weighted by Crippen LogP contribution is 2.40. The molecule has 3 saturated heterocycles. The van der Waals surface area contributed by atoms with Gasteiger partial charge in [0, 0.05) is 75.8 Å². The summed E-state index contributed by atoms with van der Waals surface area (Å²) in [4.78, 5) is 123. The maximum Gasteiger partial charge on any atom is 0.251 e. The number of halogens is 7. The van der Waals surface area contributed by atoms with Crippen LogP contribution in [0.1, 0.15) is 133 Å². The highest BCUT2D eigenvalue weighted by molar-refractivity contribution is 6.34. The smallest absolute Gasteiger partial charge is 0.251 e. The minimum absolute atomic E-state index is 0.104. The molecule has 7 amide bonds. The van der Waals surface area contributed by atoms with Gasteiger partial charge in [0.1, 0.15) is 67.2 Å². The summed E-state index contributed by atoms with van der Waals surface area (Å²) in [6.07, 6.45) is 13.2. The molecule has 16 rings (SSSR count). The van der Waals surface area contributed by atoms with Crippen molar-refractivity contribution in [2.45, 2.75) is 117 Å². The van der Waals surface area contributed by atoms with E-state index in [0.29, 0.717) is 129 Å². The monoisotopic (exact) mass is 1990 g/mol. The summed E-state index contributed by atoms with van der Waals surface area (Å²) in [5.74, 6) is 0.950. The van der Waals surface area contributed by atoms with E-state index < -0.39 is 35.6 Å². The van der Waals surface area contributed by atoms with Crippen LogP contribution in [-0.4, -0.2) is 159 Å². The lowest BCUT2D eigenvalue weighted by atomic mass is 9.98. The molecule has 141 heavy (non-hydrogen) atoms. The van der Waals surface area contributed by atoms with Gasteiger partial charge in [-0.15, -0.1) is 0 Å². The standard InChI is InChI=1S/C27H27ClN6O2.3C25H26ClFN6O2/c1-15-10-17(3)31-24(11-15)33-25-21(28)14-30-27(34-25)32-22-12-16(2)20(13-23(22)36-5)18-6-8-19(9-7-18)26(35)29-4;3*1-14-11-21(19(27)12-17(14)15-6-8-16(9-7-15)23(34)28-2)32-25-30-13-18(26)22(33-25)31-20-5-3-4-10-29-24(20)35/h6-14H,1-5H3,(H,29,35)(H2,30,31,32,33,34);3*6-9,11-13,20H,3-5,10H2,1-2H3,(H,28,34)(H,29,35)(H2,30,31,32,33)/t;2*20-;/m.10./s1. The first-order chi connectivity index (χ1) is 67.8. The van der Waals surface area contributed by atoms with Crippen LogP contribution >= 0.6 is 46.4 Å². The van der Waals surface area contributed by atoms with E-state index in [4.69, 9.17) is 51.1 Å². The van der Waals surface area contributed by atoms with Crippen molar-refractivity contribution in [3.8, 4) is 50.3 Å². The number of rotatable bonds is 25. The Hall–Kier alpha value is -15.3. The Morgan fingerprint density at radius 3 is 0.915 bits per heavy atom. The number of ether oxygens (including phenoxy) is 1. The lowest BCUT2D eigenvalue weighted by Crippen LogP contribution is -2.38. The van der Waals surface area contributed by atoms with Crippen molar-refractivity contribution in [1.29, 1.82) is 0 Å². The molecule has 3 aliphatic rings. The van der Waals surface area contributed by atoms with Crippen LogP contribution in [0.15, 0.2) is 183 Å². The van der Waals surface area contributed by atoms with Crippen LogP contribution in [0.5, 0.6) is 5.75 Å². The Bertz CT molecular complexity index is 6300. The van der Waals surface area contributed by atoms with Crippen molar-refractivity contribution in [2.24, 2.45) is 0 Å². The summed E-state index contributed by atoms with van der Waals surface area (Å²) in [6, 6.07) is 44.1. The number of carbonyl (C=O) groups excluding carboxylic acids is 7. The van der Waals surface area contributed by atoms with Crippen LogP contribution in [0.4, 0.5) is 88.8 Å². The molecule has 13 aromatic rings. The van der Waals surface area contributed by atoms with E-state index in [9.17, 15) is 33.6 Å². The molecule has 15 N–H and O–H groups in total. The normalized spacial score (nSPS) is 14.4. The maximum atomic E-state index is 15.0. The lowest BCUT2D eigenvalue weighted by Gasteiger charge is -2.17. The van der Waals surface area contributed by atoms with Gasteiger partial charge in [-0.25, -0.2) is 38.1 Å². The summed E-state index contributed by atoms with van der Waals surface area (Å²) < 4.78 is 50.8. The van der Waals surface area contributed by atoms with Crippen molar-refractivity contribution in [2.75, 3.05) is 97.5 Å². The average molecular weight is 1990 g/mol. The number of methoxy groups -OCH3 is 1. The minimum Gasteiger partial charge on any atom is -0.495 e. The van der Waals surface area contributed by atoms with Crippen LogP contribution in [0.2, 0.25) is 20.1 Å². The van der Waals surface area contributed by atoms with Gasteiger partial charge in [0.25, 0.3) is 23.6 Å². The predicted octanol–water partition coefficient (Wildman–Crippen LogP) is 19.3. The molecule has 0 saturated carbocycles. The van der Waals surface area contributed by atoms with Gasteiger partial charge in [-0.2, -0.15) is 19.9 Å². The number of pyridine rings is 1. The van der Waals surface area contributed by atoms with Gasteiger partial charge in [-0.3, -0.25) is 33.6 Å². The first-order valence-electron chi connectivity index (χ1n) is 45.3. The molecule has 1 unspecified atom stereocenters. The fourth-order valence-electron chi connectivity index (χ4n) is 15.6.